The second-order valence-corrected chi connectivity index (χ2v) is 12.3. The van der Waals surface area contributed by atoms with E-state index >= 15 is 0 Å². The lowest BCUT2D eigenvalue weighted by molar-refractivity contribution is -0.139. The molecule has 2 N–H and O–H groups in total. The Hall–Kier alpha value is -3.50. The SMILES string of the molecule is CO[C@H](Oc1cc(N2CCC3(CC2)CN[C@H](C(=O)O)C3)nc(C)n1)c1ccc(C2CCCCC2)cc1-n1ccc(C)n1. The number of benzene rings is 1. The maximum atomic E-state index is 11.5. The van der Waals surface area contributed by atoms with Gasteiger partial charge in [0, 0.05) is 44.6 Å². The molecule has 1 aromatic carbocycles. The zero-order chi connectivity index (χ0) is 29.3. The third-order valence-electron chi connectivity index (χ3n) is 9.40. The molecule has 3 fully saturated rings. The minimum absolute atomic E-state index is 0.0349. The number of ether oxygens (including phenoxy) is 2. The second kappa shape index (κ2) is 12.0. The number of piperidine rings is 1. The van der Waals surface area contributed by atoms with Crippen LogP contribution in [0, 0.1) is 19.3 Å². The molecule has 1 aliphatic carbocycles. The predicted octanol–water partition coefficient (Wildman–Crippen LogP) is 5.08. The summed E-state index contributed by atoms with van der Waals surface area (Å²) >= 11 is 0. The number of rotatable bonds is 8. The van der Waals surface area contributed by atoms with E-state index < -0.39 is 18.3 Å². The molecule has 3 aromatic rings. The van der Waals surface area contributed by atoms with Gasteiger partial charge in [-0.15, -0.1) is 0 Å². The van der Waals surface area contributed by atoms with Crippen LogP contribution in [0.15, 0.2) is 36.5 Å². The minimum Gasteiger partial charge on any atom is -0.480 e. The minimum atomic E-state index is -0.760. The van der Waals surface area contributed by atoms with Gasteiger partial charge in [-0.05, 0) is 75.0 Å². The number of hydrogen-bond donors (Lipinski definition) is 2. The van der Waals surface area contributed by atoms with E-state index in [2.05, 4.69) is 33.4 Å². The molecule has 42 heavy (non-hydrogen) atoms. The average molecular weight is 575 g/mol. The molecule has 1 spiro atoms. The highest BCUT2D eigenvalue weighted by molar-refractivity contribution is 5.74. The molecule has 0 amide bonds. The molecule has 2 atom stereocenters. The lowest BCUT2D eigenvalue weighted by Gasteiger charge is -2.39. The van der Waals surface area contributed by atoms with Gasteiger partial charge in [0.05, 0.1) is 11.4 Å². The molecule has 2 saturated heterocycles. The van der Waals surface area contributed by atoms with Crippen molar-refractivity contribution in [1.29, 1.82) is 0 Å². The first-order valence-electron chi connectivity index (χ1n) is 15.3. The summed E-state index contributed by atoms with van der Waals surface area (Å²) in [4.78, 5) is 23.1. The summed E-state index contributed by atoms with van der Waals surface area (Å²) in [7, 11) is 1.65. The van der Waals surface area contributed by atoms with Gasteiger partial charge in [0.2, 0.25) is 12.2 Å². The number of hydrogen-bond acceptors (Lipinski definition) is 8. The Bertz CT molecular complexity index is 1410. The van der Waals surface area contributed by atoms with Gasteiger partial charge >= 0.3 is 5.97 Å². The second-order valence-electron chi connectivity index (χ2n) is 12.3. The number of carboxylic acids is 1. The topological polar surface area (TPSA) is 115 Å². The van der Waals surface area contributed by atoms with Crippen molar-refractivity contribution in [3.05, 3.63) is 59.2 Å². The molecule has 2 aliphatic heterocycles. The van der Waals surface area contributed by atoms with Crippen LogP contribution in [0.1, 0.15) is 86.2 Å². The van der Waals surface area contributed by atoms with Crippen LogP contribution in [0.2, 0.25) is 0 Å². The lowest BCUT2D eigenvalue weighted by atomic mass is 9.76. The van der Waals surface area contributed by atoms with E-state index in [0.717, 1.165) is 55.2 Å². The zero-order valence-corrected chi connectivity index (χ0v) is 24.9. The van der Waals surface area contributed by atoms with E-state index in [1.807, 2.05) is 36.9 Å². The highest BCUT2D eigenvalue weighted by Gasteiger charge is 2.43. The quantitative estimate of drug-likeness (QED) is 0.355. The molecule has 4 heterocycles. The molecular formula is C32H42N6O4. The Morgan fingerprint density at radius 2 is 1.88 bits per heavy atom. The fourth-order valence-electron chi connectivity index (χ4n) is 6.98. The fraction of sp³-hybridized carbons (Fsp3) is 0.562. The summed E-state index contributed by atoms with van der Waals surface area (Å²) in [5, 5.41) is 17.3. The van der Waals surface area contributed by atoms with E-state index in [4.69, 9.17) is 19.6 Å². The van der Waals surface area contributed by atoms with Gasteiger partial charge in [0.1, 0.15) is 17.7 Å². The smallest absolute Gasteiger partial charge is 0.320 e. The van der Waals surface area contributed by atoms with Crippen LogP contribution in [0.3, 0.4) is 0 Å². The maximum absolute atomic E-state index is 11.5. The molecule has 0 radical (unpaired) electrons. The van der Waals surface area contributed by atoms with Crippen LogP contribution in [-0.2, 0) is 9.53 Å². The highest BCUT2D eigenvalue weighted by Crippen LogP contribution is 2.41. The summed E-state index contributed by atoms with van der Waals surface area (Å²) in [6.45, 7) is 6.24. The van der Waals surface area contributed by atoms with Crippen molar-refractivity contribution in [3.8, 4) is 11.6 Å². The molecule has 10 heteroatoms. The number of aliphatic carboxylic acids is 1. The number of anilines is 1. The average Bonchev–Trinajstić information content (AvgIpc) is 3.63. The summed E-state index contributed by atoms with van der Waals surface area (Å²) in [5.74, 6) is 1.71. The van der Waals surface area contributed by atoms with E-state index in [0.29, 0.717) is 24.0 Å². The molecule has 224 valence electrons. The van der Waals surface area contributed by atoms with Crippen LogP contribution in [0.5, 0.6) is 5.88 Å². The van der Waals surface area contributed by atoms with Crippen LogP contribution in [0.25, 0.3) is 5.69 Å². The molecule has 3 aliphatic rings. The normalized spacial score (nSPS) is 21.5. The van der Waals surface area contributed by atoms with Crippen molar-refractivity contribution in [3.63, 3.8) is 0 Å². The van der Waals surface area contributed by atoms with E-state index in [1.54, 1.807) is 7.11 Å². The van der Waals surface area contributed by atoms with Crippen LogP contribution >= 0.6 is 0 Å². The molecule has 6 rings (SSSR count). The molecule has 0 unspecified atom stereocenters. The lowest BCUT2D eigenvalue weighted by Crippen LogP contribution is -2.41. The number of nitrogens with zero attached hydrogens (tertiary/aromatic N) is 5. The fourth-order valence-corrected chi connectivity index (χ4v) is 6.98. The molecular weight excluding hydrogens is 532 g/mol. The van der Waals surface area contributed by atoms with Gasteiger partial charge in [-0.25, -0.2) is 9.67 Å². The summed E-state index contributed by atoms with van der Waals surface area (Å²) in [6, 6.07) is 10.0. The summed E-state index contributed by atoms with van der Waals surface area (Å²) < 4.78 is 14.3. The van der Waals surface area contributed by atoms with E-state index in [9.17, 15) is 9.90 Å². The van der Waals surface area contributed by atoms with Crippen molar-refractivity contribution >= 4 is 11.8 Å². The Morgan fingerprint density at radius 1 is 1.10 bits per heavy atom. The number of nitrogens with one attached hydrogen (secondary N) is 1. The van der Waals surface area contributed by atoms with Crippen molar-refractivity contribution < 1.29 is 19.4 Å². The third kappa shape index (κ3) is 6.01. The molecule has 1 saturated carbocycles. The number of carboxylic acid groups (broad SMARTS) is 1. The van der Waals surface area contributed by atoms with Crippen LogP contribution < -0.4 is 15.0 Å². The first-order valence-corrected chi connectivity index (χ1v) is 15.3. The van der Waals surface area contributed by atoms with Gasteiger partial charge in [0.25, 0.3) is 0 Å². The Morgan fingerprint density at radius 3 is 2.55 bits per heavy atom. The Labute approximate surface area is 247 Å². The maximum Gasteiger partial charge on any atom is 0.320 e. The largest absolute Gasteiger partial charge is 0.480 e. The number of methoxy groups -OCH3 is 1. The standard InChI is InChI=1S/C32H42N6O4/c1-21-11-14-38(36-21)27-17-24(23-7-5-4-6-8-23)9-10-25(27)31(41-3)42-29-18-28(34-22(2)35-29)37-15-12-32(13-16-37)19-26(30(39)40)33-20-32/h9-11,14,17-18,23,26,31,33H,4-8,12-13,15-16,19-20H2,1-3H3,(H,39,40)/t26-,31+/m0/s1. The first-order chi connectivity index (χ1) is 20.3. The zero-order valence-electron chi connectivity index (χ0n) is 24.9. The third-order valence-corrected chi connectivity index (χ3v) is 9.40. The van der Waals surface area contributed by atoms with Gasteiger partial charge in [-0.2, -0.15) is 10.1 Å². The van der Waals surface area contributed by atoms with E-state index in [-0.39, 0.29) is 5.41 Å². The highest BCUT2D eigenvalue weighted by atomic mass is 16.7. The van der Waals surface area contributed by atoms with Crippen molar-refractivity contribution in [2.75, 3.05) is 31.6 Å². The summed E-state index contributed by atoms with van der Waals surface area (Å²) in [5.41, 5.74) is 4.17. The predicted molar refractivity (Wildman–Crippen MR) is 159 cm³/mol. The Kier molecular flexibility index (Phi) is 8.18. The van der Waals surface area contributed by atoms with Crippen molar-refractivity contribution in [2.24, 2.45) is 5.41 Å². The number of aryl methyl sites for hydroxylation is 2. The van der Waals surface area contributed by atoms with Crippen LogP contribution in [0.4, 0.5) is 5.82 Å². The van der Waals surface area contributed by atoms with Crippen molar-refractivity contribution in [2.45, 2.75) is 83.5 Å². The molecule has 0 bridgehead atoms. The van der Waals surface area contributed by atoms with Gasteiger partial charge in [0.15, 0.2) is 0 Å². The van der Waals surface area contributed by atoms with Gasteiger partial charge in [-0.1, -0.05) is 31.4 Å². The first kappa shape index (κ1) is 28.6. The van der Waals surface area contributed by atoms with Crippen LogP contribution in [-0.4, -0.2) is 63.6 Å². The van der Waals surface area contributed by atoms with Gasteiger partial charge in [-0.3, -0.25) is 4.79 Å². The Balaban J connectivity index is 1.22. The van der Waals surface area contributed by atoms with Gasteiger partial charge < -0.3 is 24.8 Å². The number of carbonyl (C=O) groups is 1. The summed E-state index contributed by atoms with van der Waals surface area (Å²) in [6.07, 6.45) is 10.1. The monoisotopic (exact) mass is 574 g/mol. The molecule has 2 aromatic heterocycles. The van der Waals surface area contributed by atoms with Crippen molar-refractivity contribution in [1.82, 2.24) is 25.1 Å². The van der Waals surface area contributed by atoms with E-state index in [1.165, 1.54) is 37.7 Å². The number of aromatic nitrogens is 4. The molecule has 10 nitrogen and oxygen atoms in total.